The third-order valence-electron chi connectivity index (χ3n) is 3.23. The molecular weight excluding hydrogens is 284 g/mol. The molecule has 0 amide bonds. The molecule has 0 heterocycles. The quantitative estimate of drug-likeness (QED) is 0.629. The van der Waals surface area contributed by atoms with Crippen molar-refractivity contribution in [2.75, 3.05) is 12.4 Å². The van der Waals surface area contributed by atoms with Gasteiger partial charge < -0.3 is 5.32 Å². The minimum Gasteiger partial charge on any atom is -0.383 e. The topological polar surface area (TPSA) is 55.2 Å². The molecule has 0 aliphatic rings. The smallest absolute Gasteiger partial charge is 0.306 e. The van der Waals surface area contributed by atoms with Gasteiger partial charge in [0.05, 0.1) is 9.82 Å². The number of nitrogens with one attached hydrogen (secondary N) is 1. The first-order chi connectivity index (χ1) is 10.0. The maximum atomic E-state index is 11.3. The van der Waals surface area contributed by atoms with E-state index in [1.54, 1.807) is 19.2 Å². The molecule has 110 valence electrons. The molecule has 0 bridgehead atoms. The van der Waals surface area contributed by atoms with Gasteiger partial charge in [0.25, 0.3) is 0 Å². The van der Waals surface area contributed by atoms with E-state index in [0.29, 0.717) is 16.5 Å². The van der Waals surface area contributed by atoms with Crippen LogP contribution < -0.4 is 5.32 Å². The number of nitro benzene ring substituents is 1. The lowest BCUT2D eigenvalue weighted by Gasteiger charge is -2.09. The Morgan fingerprint density at radius 1 is 1.14 bits per heavy atom. The molecule has 0 spiro atoms. The fraction of sp³-hybridized carbons (Fsp3) is 0.250. The van der Waals surface area contributed by atoms with E-state index in [1.807, 2.05) is 18.2 Å². The lowest BCUT2D eigenvalue weighted by molar-refractivity contribution is -0.386. The van der Waals surface area contributed by atoms with E-state index >= 15 is 0 Å². The third kappa shape index (κ3) is 3.55. The molecule has 2 rings (SSSR count). The average Bonchev–Trinajstić information content (AvgIpc) is 2.47. The SMILES string of the molecule is CNc1cccc(Sc2ccc(C(C)C)cc2)c1[N+](=O)[O-]. The van der Waals surface area contributed by atoms with Crippen LogP contribution in [-0.2, 0) is 0 Å². The second-order valence-corrected chi connectivity index (χ2v) is 6.10. The fourth-order valence-corrected chi connectivity index (χ4v) is 3.00. The molecular formula is C16H18N2O2S. The van der Waals surface area contributed by atoms with Crippen LogP contribution in [0.1, 0.15) is 25.3 Å². The van der Waals surface area contributed by atoms with Crippen molar-refractivity contribution in [3.63, 3.8) is 0 Å². The third-order valence-corrected chi connectivity index (χ3v) is 4.28. The van der Waals surface area contributed by atoms with Crippen molar-refractivity contribution in [2.24, 2.45) is 0 Å². The van der Waals surface area contributed by atoms with E-state index < -0.39 is 0 Å². The number of rotatable bonds is 5. The highest BCUT2D eigenvalue weighted by molar-refractivity contribution is 7.99. The maximum absolute atomic E-state index is 11.3. The summed E-state index contributed by atoms with van der Waals surface area (Å²) >= 11 is 1.41. The van der Waals surface area contributed by atoms with Crippen LogP contribution in [-0.4, -0.2) is 12.0 Å². The minimum atomic E-state index is -0.337. The Hall–Kier alpha value is -2.01. The number of hydrogen-bond donors (Lipinski definition) is 1. The molecule has 0 radical (unpaired) electrons. The Morgan fingerprint density at radius 3 is 2.33 bits per heavy atom. The molecule has 1 N–H and O–H groups in total. The molecule has 0 aromatic heterocycles. The highest BCUT2D eigenvalue weighted by atomic mass is 32.2. The van der Waals surface area contributed by atoms with Gasteiger partial charge in [-0.2, -0.15) is 0 Å². The zero-order valence-corrected chi connectivity index (χ0v) is 13.1. The lowest BCUT2D eigenvalue weighted by atomic mass is 10.0. The number of nitro groups is 1. The molecule has 4 nitrogen and oxygen atoms in total. The predicted molar refractivity (Wildman–Crippen MR) is 87.3 cm³/mol. The van der Waals surface area contributed by atoms with E-state index in [4.69, 9.17) is 0 Å². The summed E-state index contributed by atoms with van der Waals surface area (Å²) in [6, 6.07) is 13.5. The van der Waals surface area contributed by atoms with Gasteiger partial charge in [-0.25, -0.2) is 0 Å². The van der Waals surface area contributed by atoms with E-state index in [1.165, 1.54) is 17.3 Å². The number of benzene rings is 2. The number of para-hydroxylation sites is 1. The lowest BCUT2D eigenvalue weighted by Crippen LogP contribution is -1.98. The van der Waals surface area contributed by atoms with Crippen molar-refractivity contribution in [1.29, 1.82) is 0 Å². The van der Waals surface area contributed by atoms with Crippen molar-refractivity contribution in [3.05, 3.63) is 58.1 Å². The van der Waals surface area contributed by atoms with Gasteiger partial charge in [-0.3, -0.25) is 10.1 Å². The summed E-state index contributed by atoms with van der Waals surface area (Å²) < 4.78 is 0. The molecule has 0 saturated carbocycles. The summed E-state index contributed by atoms with van der Waals surface area (Å²) in [5.74, 6) is 0.478. The summed E-state index contributed by atoms with van der Waals surface area (Å²) in [6.07, 6.45) is 0. The zero-order valence-electron chi connectivity index (χ0n) is 12.3. The van der Waals surface area contributed by atoms with Gasteiger partial charge in [0, 0.05) is 11.9 Å². The van der Waals surface area contributed by atoms with Crippen LogP contribution in [0.4, 0.5) is 11.4 Å². The molecule has 0 fully saturated rings. The van der Waals surface area contributed by atoms with Crippen LogP contribution >= 0.6 is 11.8 Å². The van der Waals surface area contributed by atoms with Crippen molar-refractivity contribution in [1.82, 2.24) is 0 Å². The van der Waals surface area contributed by atoms with Gasteiger partial charge in [-0.1, -0.05) is 43.8 Å². The standard InChI is InChI=1S/C16H18N2O2S/c1-11(2)12-7-9-13(10-8-12)21-15-6-4-5-14(17-3)16(15)18(19)20/h4-11,17H,1-3H3. The second-order valence-electron chi connectivity index (χ2n) is 4.99. The van der Waals surface area contributed by atoms with Crippen molar-refractivity contribution in [2.45, 2.75) is 29.6 Å². The van der Waals surface area contributed by atoms with Crippen LogP contribution in [0.2, 0.25) is 0 Å². The van der Waals surface area contributed by atoms with Gasteiger partial charge in [0.15, 0.2) is 0 Å². The normalized spacial score (nSPS) is 10.7. The molecule has 0 unspecified atom stereocenters. The Balaban J connectivity index is 2.33. The Kier molecular flexibility index (Phi) is 4.85. The van der Waals surface area contributed by atoms with Crippen LogP contribution in [0, 0.1) is 10.1 Å². The van der Waals surface area contributed by atoms with Crippen molar-refractivity contribution < 1.29 is 4.92 Å². The van der Waals surface area contributed by atoms with Gasteiger partial charge >= 0.3 is 5.69 Å². The van der Waals surface area contributed by atoms with Crippen LogP contribution in [0.25, 0.3) is 0 Å². The van der Waals surface area contributed by atoms with E-state index in [2.05, 4.69) is 31.3 Å². The van der Waals surface area contributed by atoms with E-state index in [-0.39, 0.29) is 10.6 Å². The fourth-order valence-electron chi connectivity index (χ4n) is 2.04. The van der Waals surface area contributed by atoms with Crippen LogP contribution in [0.3, 0.4) is 0 Å². The number of nitrogens with zero attached hydrogens (tertiary/aromatic N) is 1. The largest absolute Gasteiger partial charge is 0.383 e. The van der Waals surface area contributed by atoms with Gasteiger partial charge in [0.2, 0.25) is 0 Å². The zero-order chi connectivity index (χ0) is 15.4. The molecule has 0 atom stereocenters. The van der Waals surface area contributed by atoms with Crippen molar-refractivity contribution >= 4 is 23.1 Å². The minimum absolute atomic E-state index is 0.123. The highest BCUT2D eigenvalue weighted by Crippen LogP contribution is 2.39. The summed E-state index contributed by atoms with van der Waals surface area (Å²) in [4.78, 5) is 12.6. The van der Waals surface area contributed by atoms with Gasteiger partial charge in [-0.15, -0.1) is 0 Å². The first kappa shape index (κ1) is 15.4. The maximum Gasteiger partial charge on any atom is 0.306 e. The van der Waals surface area contributed by atoms with E-state index in [0.717, 1.165) is 4.90 Å². The summed E-state index contributed by atoms with van der Waals surface area (Å²) in [5, 5.41) is 14.2. The highest BCUT2D eigenvalue weighted by Gasteiger charge is 2.19. The Labute approximate surface area is 128 Å². The number of hydrogen-bond acceptors (Lipinski definition) is 4. The van der Waals surface area contributed by atoms with Crippen LogP contribution in [0.15, 0.2) is 52.3 Å². The summed E-state index contributed by atoms with van der Waals surface area (Å²) in [6.45, 7) is 4.28. The first-order valence-corrected chi connectivity index (χ1v) is 7.57. The predicted octanol–water partition coefficient (Wildman–Crippen LogP) is 4.91. The molecule has 21 heavy (non-hydrogen) atoms. The molecule has 0 aliphatic heterocycles. The van der Waals surface area contributed by atoms with E-state index in [9.17, 15) is 10.1 Å². The molecule has 0 saturated heterocycles. The molecule has 0 aliphatic carbocycles. The Morgan fingerprint density at radius 2 is 1.81 bits per heavy atom. The second kappa shape index (κ2) is 6.63. The Bertz CT molecular complexity index is 639. The molecule has 5 heteroatoms. The van der Waals surface area contributed by atoms with Gasteiger partial charge in [0.1, 0.15) is 5.69 Å². The molecule has 2 aromatic rings. The van der Waals surface area contributed by atoms with Crippen molar-refractivity contribution in [3.8, 4) is 0 Å². The summed E-state index contributed by atoms with van der Waals surface area (Å²) in [7, 11) is 1.69. The summed E-state index contributed by atoms with van der Waals surface area (Å²) in [5.41, 5.74) is 1.92. The van der Waals surface area contributed by atoms with Crippen LogP contribution in [0.5, 0.6) is 0 Å². The average molecular weight is 302 g/mol. The number of anilines is 1. The first-order valence-electron chi connectivity index (χ1n) is 6.76. The van der Waals surface area contributed by atoms with Gasteiger partial charge in [-0.05, 0) is 35.7 Å². The monoisotopic (exact) mass is 302 g/mol. The molecule has 2 aromatic carbocycles.